The van der Waals surface area contributed by atoms with E-state index in [4.69, 9.17) is 21.9 Å². The number of amides is 1. The number of fused-ring (bicyclic) bond motifs is 1. The number of nitrogens with zero attached hydrogens (tertiary/aromatic N) is 1. The molecule has 5 nitrogen and oxygen atoms in total. The molecule has 0 aliphatic heterocycles. The molecule has 0 bridgehead atoms. The van der Waals surface area contributed by atoms with Crippen LogP contribution in [0.5, 0.6) is 0 Å². The van der Waals surface area contributed by atoms with E-state index in [9.17, 15) is 4.79 Å². The van der Waals surface area contributed by atoms with Crippen LogP contribution in [0.2, 0.25) is 5.02 Å². The molecule has 1 amide bonds. The molecule has 3 aromatic rings. The summed E-state index contributed by atoms with van der Waals surface area (Å²) >= 11 is 5.97. The van der Waals surface area contributed by atoms with Gasteiger partial charge in [0, 0.05) is 27.7 Å². The van der Waals surface area contributed by atoms with Gasteiger partial charge in [0.15, 0.2) is 5.76 Å². The monoisotopic (exact) mass is 289 g/mol. The zero-order valence-corrected chi connectivity index (χ0v) is 11.2. The van der Waals surface area contributed by atoms with Gasteiger partial charge in [-0.05, 0) is 30.3 Å². The van der Waals surface area contributed by atoms with Crippen LogP contribution in [0.25, 0.3) is 10.9 Å². The lowest BCUT2D eigenvalue weighted by molar-refractivity contribution is 0.0924. The van der Waals surface area contributed by atoms with Crippen LogP contribution in [0.3, 0.4) is 0 Å². The van der Waals surface area contributed by atoms with Crippen molar-refractivity contribution in [3.8, 4) is 0 Å². The molecule has 0 aliphatic carbocycles. The fraction of sp³-hybridized carbons (Fsp3) is 0.0714. The Morgan fingerprint density at radius 3 is 3.00 bits per heavy atom. The number of carbonyl (C=O) groups excluding carboxylic acids is 1. The largest absolute Gasteiger partial charge is 0.459 e. The molecule has 102 valence electrons. The van der Waals surface area contributed by atoms with Gasteiger partial charge in [-0.2, -0.15) is 0 Å². The molecule has 1 aromatic carbocycles. The van der Waals surface area contributed by atoms with Gasteiger partial charge >= 0.3 is 5.91 Å². The number of carbonyl (C=O) groups is 1. The maximum atomic E-state index is 11.6. The number of halogens is 1. The summed E-state index contributed by atoms with van der Waals surface area (Å²) < 4.78 is 7.19. The SMILES string of the molecule is NNC(=O)c1occc1Cn1ccc2cc(Cl)ccc21. The van der Waals surface area contributed by atoms with E-state index in [0.717, 1.165) is 16.5 Å². The van der Waals surface area contributed by atoms with Crippen LogP contribution in [0, 0.1) is 0 Å². The summed E-state index contributed by atoms with van der Waals surface area (Å²) in [5.41, 5.74) is 3.87. The second-order valence-corrected chi connectivity index (χ2v) is 4.83. The summed E-state index contributed by atoms with van der Waals surface area (Å²) in [6, 6.07) is 9.41. The third-order valence-corrected chi connectivity index (χ3v) is 3.39. The van der Waals surface area contributed by atoms with Gasteiger partial charge in [-0.3, -0.25) is 10.2 Å². The van der Waals surface area contributed by atoms with Crippen molar-refractivity contribution < 1.29 is 9.21 Å². The number of nitrogens with one attached hydrogen (secondary N) is 1. The molecule has 2 aromatic heterocycles. The quantitative estimate of drug-likeness (QED) is 0.442. The van der Waals surface area contributed by atoms with Gasteiger partial charge in [0.1, 0.15) is 0 Å². The molecule has 20 heavy (non-hydrogen) atoms. The van der Waals surface area contributed by atoms with Crippen LogP contribution in [-0.2, 0) is 6.54 Å². The molecule has 3 rings (SSSR count). The topological polar surface area (TPSA) is 73.2 Å². The van der Waals surface area contributed by atoms with Gasteiger partial charge in [0.2, 0.25) is 0 Å². The number of nitrogens with two attached hydrogens (primary N) is 1. The molecule has 0 aliphatic rings. The maximum absolute atomic E-state index is 11.6. The van der Waals surface area contributed by atoms with Crippen molar-refractivity contribution in [3.63, 3.8) is 0 Å². The highest BCUT2D eigenvalue weighted by atomic mass is 35.5. The molecule has 0 atom stereocenters. The highest BCUT2D eigenvalue weighted by molar-refractivity contribution is 6.31. The molecule has 0 radical (unpaired) electrons. The Morgan fingerprint density at radius 1 is 1.35 bits per heavy atom. The van der Waals surface area contributed by atoms with E-state index in [0.29, 0.717) is 11.6 Å². The molecule has 0 unspecified atom stereocenters. The molecule has 0 spiro atoms. The van der Waals surface area contributed by atoms with Crippen molar-refractivity contribution in [2.75, 3.05) is 0 Å². The molecule has 0 fully saturated rings. The van der Waals surface area contributed by atoms with Crippen LogP contribution in [0.1, 0.15) is 16.1 Å². The zero-order chi connectivity index (χ0) is 14.1. The Morgan fingerprint density at radius 2 is 2.20 bits per heavy atom. The molecule has 6 heteroatoms. The van der Waals surface area contributed by atoms with Crippen LogP contribution in [0.4, 0.5) is 0 Å². The van der Waals surface area contributed by atoms with Crippen LogP contribution < -0.4 is 11.3 Å². The smallest absolute Gasteiger partial charge is 0.301 e. The Kier molecular flexibility index (Phi) is 3.22. The Bertz CT molecular complexity index is 776. The summed E-state index contributed by atoms with van der Waals surface area (Å²) in [5, 5.41) is 1.74. The second-order valence-electron chi connectivity index (χ2n) is 4.40. The van der Waals surface area contributed by atoms with Gasteiger partial charge in [-0.15, -0.1) is 0 Å². The van der Waals surface area contributed by atoms with E-state index in [-0.39, 0.29) is 5.76 Å². The van der Waals surface area contributed by atoms with Crippen LogP contribution in [-0.4, -0.2) is 10.5 Å². The predicted octanol–water partition coefficient (Wildman–Crippen LogP) is 2.54. The van der Waals surface area contributed by atoms with Crippen molar-refractivity contribution in [2.45, 2.75) is 6.54 Å². The first-order valence-electron chi connectivity index (χ1n) is 6.01. The maximum Gasteiger partial charge on any atom is 0.301 e. The summed E-state index contributed by atoms with van der Waals surface area (Å²) in [6.45, 7) is 0.518. The normalized spacial score (nSPS) is 10.9. The number of aromatic nitrogens is 1. The molecular weight excluding hydrogens is 278 g/mol. The van der Waals surface area contributed by atoms with E-state index in [1.54, 1.807) is 6.07 Å². The van der Waals surface area contributed by atoms with Crippen molar-refractivity contribution in [1.29, 1.82) is 0 Å². The number of hydrogen-bond donors (Lipinski definition) is 2. The van der Waals surface area contributed by atoms with E-state index in [1.165, 1.54) is 6.26 Å². The number of furan rings is 1. The second kappa shape index (κ2) is 5.03. The summed E-state index contributed by atoms with van der Waals surface area (Å²) in [6.07, 6.45) is 3.42. The van der Waals surface area contributed by atoms with Crippen molar-refractivity contribution >= 4 is 28.4 Å². The summed E-state index contributed by atoms with van der Waals surface area (Å²) in [4.78, 5) is 11.6. The van der Waals surface area contributed by atoms with Gasteiger partial charge in [-0.1, -0.05) is 11.6 Å². The lowest BCUT2D eigenvalue weighted by Crippen LogP contribution is -2.30. The molecule has 0 saturated carbocycles. The van der Waals surface area contributed by atoms with E-state index in [2.05, 4.69) is 5.43 Å². The van der Waals surface area contributed by atoms with Crippen molar-refractivity contribution in [2.24, 2.45) is 5.84 Å². The van der Waals surface area contributed by atoms with Gasteiger partial charge in [0.05, 0.1) is 12.8 Å². The Labute approximate surface area is 119 Å². The third kappa shape index (κ3) is 2.17. The number of nitrogen functional groups attached to an aromatic ring is 1. The minimum atomic E-state index is -0.440. The summed E-state index contributed by atoms with van der Waals surface area (Å²) in [5.74, 6) is 4.92. The number of benzene rings is 1. The minimum Gasteiger partial charge on any atom is -0.459 e. The van der Waals surface area contributed by atoms with Crippen molar-refractivity contribution in [3.05, 3.63) is 59.1 Å². The van der Waals surface area contributed by atoms with E-state index in [1.807, 2.05) is 35.0 Å². The average Bonchev–Trinajstić information content (AvgIpc) is 3.05. The lowest BCUT2D eigenvalue weighted by Gasteiger charge is -2.05. The van der Waals surface area contributed by atoms with Crippen LogP contribution in [0.15, 0.2) is 47.2 Å². The van der Waals surface area contributed by atoms with E-state index < -0.39 is 5.91 Å². The van der Waals surface area contributed by atoms with Crippen molar-refractivity contribution in [1.82, 2.24) is 9.99 Å². The summed E-state index contributed by atoms with van der Waals surface area (Å²) in [7, 11) is 0. The van der Waals surface area contributed by atoms with Gasteiger partial charge < -0.3 is 8.98 Å². The van der Waals surface area contributed by atoms with E-state index >= 15 is 0 Å². The molecule has 2 heterocycles. The molecular formula is C14H12ClN3O2. The molecule has 3 N–H and O–H groups in total. The fourth-order valence-electron chi connectivity index (χ4n) is 2.22. The van der Waals surface area contributed by atoms with Gasteiger partial charge in [-0.25, -0.2) is 5.84 Å². The number of hydrogen-bond acceptors (Lipinski definition) is 3. The lowest BCUT2D eigenvalue weighted by atomic mass is 10.2. The first-order valence-corrected chi connectivity index (χ1v) is 6.38. The fourth-order valence-corrected chi connectivity index (χ4v) is 2.40. The minimum absolute atomic E-state index is 0.225. The highest BCUT2D eigenvalue weighted by Crippen LogP contribution is 2.22. The average molecular weight is 290 g/mol. The third-order valence-electron chi connectivity index (χ3n) is 3.16. The first kappa shape index (κ1) is 12.8. The molecule has 0 saturated heterocycles. The number of hydrazine groups is 1. The standard InChI is InChI=1S/C14H12ClN3O2/c15-11-1-2-12-9(7-11)3-5-18(12)8-10-4-6-20-13(10)14(19)17-16/h1-7H,8,16H2,(H,17,19). The Hall–Kier alpha value is -2.24. The number of rotatable bonds is 3. The zero-order valence-electron chi connectivity index (χ0n) is 10.5. The predicted molar refractivity (Wildman–Crippen MR) is 76.4 cm³/mol. The first-order chi connectivity index (χ1) is 9.69. The Balaban J connectivity index is 1.98. The van der Waals surface area contributed by atoms with Gasteiger partial charge in [0.25, 0.3) is 0 Å². The van der Waals surface area contributed by atoms with Crippen LogP contribution >= 0.6 is 11.6 Å². The highest BCUT2D eigenvalue weighted by Gasteiger charge is 2.15.